The highest BCUT2D eigenvalue weighted by Crippen LogP contribution is 2.28. The standard InChI is InChI=1S/C18H23N3O2S/c1-6-11-19-15(22)12(2)24-17-21-20-16(23-17)13-7-9-14(10-8-13)18(3,4)5/h6-10,12H,1,11H2,2-5H3,(H,19,22)/t12-/m0/s1. The minimum atomic E-state index is -0.318. The molecule has 24 heavy (non-hydrogen) atoms. The van der Waals surface area contributed by atoms with Crippen LogP contribution in [0.1, 0.15) is 33.3 Å². The fourth-order valence-electron chi connectivity index (χ4n) is 2.01. The third-order valence-electron chi connectivity index (χ3n) is 3.47. The quantitative estimate of drug-likeness (QED) is 0.637. The number of carbonyl (C=O) groups is 1. The van der Waals surface area contributed by atoms with Crippen molar-refractivity contribution in [3.05, 3.63) is 42.5 Å². The van der Waals surface area contributed by atoms with Crippen LogP contribution in [0, 0.1) is 0 Å². The third-order valence-corrected chi connectivity index (χ3v) is 4.41. The van der Waals surface area contributed by atoms with Crippen LogP contribution in [0.25, 0.3) is 11.5 Å². The predicted octanol–water partition coefficient (Wildman–Crippen LogP) is 3.82. The lowest BCUT2D eigenvalue weighted by Gasteiger charge is -2.18. The Balaban J connectivity index is 2.05. The summed E-state index contributed by atoms with van der Waals surface area (Å²) in [5.74, 6) is 0.367. The molecule has 2 rings (SSSR count). The van der Waals surface area contributed by atoms with Crippen LogP contribution in [-0.2, 0) is 10.2 Å². The zero-order valence-electron chi connectivity index (χ0n) is 14.5. The first-order valence-corrected chi connectivity index (χ1v) is 8.69. The molecule has 0 aliphatic carbocycles. The summed E-state index contributed by atoms with van der Waals surface area (Å²) in [5, 5.41) is 10.9. The molecule has 0 unspecified atom stereocenters. The van der Waals surface area contributed by atoms with Crippen molar-refractivity contribution in [2.24, 2.45) is 0 Å². The van der Waals surface area contributed by atoms with Gasteiger partial charge in [0, 0.05) is 12.1 Å². The summed E-state index contributed by atoms with van der Waals surface area (Å²) < 4.78 is 5.66. The van der Waals surface area contributed by atoms with Gasteiger partial charge in [-0.3, -0.25) is 4.79 Å². The van der Waals surface area contributed by atoms with Crippen molar-refractivity contribution in [2.75, 3.05) is 6.54 Å². The molecule has 1 aromatic carbocycles. The Morgan fingerprint density at radius 1 is 1.33 bits per heavy atom. The van der Waals surface area contributed by atoms with Crippen molar-refractivity contribution >= 4 is 17.7 Å². The van der Waals surface area contributed by atoms with E-state index in [1.807, 2.05) is 12.1 Å². The highest BCUT2D eigenvalue weighted by molar-refractivity contribution is 8.00. The van der Waals surface area contributed by atoms with Crippen molar-refractivity contribution in [2.45, 2.75) is 43.6 Å². The van der Waals surface area contributed by atoms with E-state index in [2.05, 4.69) is 55.0 Å². The average Bonchev–Trinajstić information content (AvgIpc) is 3.00. The smallest absolute Gasteiger partial charge is 0.277 e. The van der Waals surface area contributed by atoms with Crippen LogP contribution < -0.4 is 5.32 Å². The van der Waals surface area contributed by atoms with Gasteiger partial charge in [-0.15, -0.1) is 16.8 Å². The van der Waals surface area contributed by atoms with E-state index >= 15 is 0 Å². The van der Waals surface area contributed by atoms with Gasteiger partial charge < -0.3 is 9.73 Å². The summed E-state index contributed by atoms with van der Waals surface area (Å²) in [4.78, 5) is 11.8. The normalized spacial score (nSPS) is 12.7. The molecule has 0 aliphatic rings. The Hall–Kier alpha value is -2.08. The molecule has 1 N–H and O–H groups in total. The van der Waals surface area contributed by atoms with E-state index in [9.17, 15) is 4.79 Å². The predicted molar refractivity (Wildman–Crippen MR) is 97.0 cm³/mol. The van der Waals surface area contributed by atoms with Crippen LogP contribution in [0.15, 0.2) is 46.6 Å². The Labute approximate surface area is 146 Å². The van der Waals surface area contributed by atoms with E-state index in [0.717, 1.165) is 5.56 Å². The van der Waals surface area contributed by atoms with Gasteiger partial charge >= 0.3 is 0 Å². The second kappa shape index (κ2) is 7.66. The van der Waals surface area contributed by atoms with Gasteiger partial charge in [0.15, 0.2) is 0 Å². The molecule has 0 spiro atoms. The summed E-state index contributed by atoms with van der Waals surface area (Å²) in [7, 11) is 0. The minimum Gasteiger partial charge on any atom is -0.411 e. The number of nitrogens with zero attached hydrogens (tertiary/aromatic N) is 2. The Morgan fingerprint density at radius 3 is 2.58 bits per heavy atom. The molecule has 0 saturated heterocycles. The minimum absolute atomic E-state index is 0.0887. The molecule has 128 valence electrons. The lowest BCUT2D eigenvalue weighted by molar-refractivity contribution is -0.120. The van der Waals surface area contributed by atoms with E-state index < -0.39 is 0 Å². The van der Waals surface area contributed by atoms with Gasteiger partial charge in [0.2, 0.25) is 11.8 Å². The van der Waals surface area contributed by atoms with E-state index in [1.165, 1.54) is 17.3 Å². The molecular formula is C18H23N3O2S. The first-order chi connectivity index (χ1) is 11.3. The number of hydrogen-bond donors (Lipinski definition) is 1. The van der Waals surface area contributed by atoms with Gasteiger partial charge in [0.1, 0.15) is 0 Å². The number of amides is 1. The first-order valence-electron chi connectivity index (χ1n) is 7.81. The summed E-state index contributed by atoms with van der Waals surface area (Å²) in [6.45, 7) is 12.3. The fourth-order valence-corrected chi connectivity index (χ4v) is 2.72. The van der Waals surface area contributed by atoms with Crippen LogP contribution in [0.5, 0.6) is 0 Å². The van der Waals surface area contributed by atoms with Crippen LogP contribution in [0.4, 0.5) is 0 Å². The zero-order chi connectivity index (χ0) is 17.7. The number of hydrogen-bond acceptors (Lipinski definition) is 5. The summed E-state index contributed by atoms with van der Waals surface area (Å²) in [6.07, 6.45) is 1.64. The Bertz CT molecular complexity index is 702. The van der Waals surface area contributed by atoms with Crippen molar-refractivity contribution in [3.63, 3.8) is 0 Å². The molecule has 0 saturated carbocycles. The van der Waals surface area contributed by atoms with Crippen molar-refractivity contribution in [3.8, 4) is 11.5 Å². The maximum atomic E-state index is 11.8. The second-order valence-electron chi connectivity index (χ2n) is 6.49. The molecule has 0 bridgehead atoms. The van der Waals surface area contributed by atoms with Crippen LogP contribution in [-0.4, -0.2) is 27.9 Å². The summed E-state index contributed by atoms with van der Waals surface area (Å²) in [6, 6.07) is 8.08. The van der Waals surface area contributed by atoms with Crippen molar-refractivity contribution in [1.29, 1.82) is 0 Å². The maximum Gasteiger partial charge on any atom is 0.277 e. The van der Waals surface area contributed by atoms with E-state index in [0.29, 0.717) is 17.7 Å². The lowest BCUT2D eigenvalue weighted by Crippen LogP contribution is -2.30. The highest BCUT2D eigenvalue weighted by atomic mass is 32.2. The van der Waals surface area contributed by atoms with E-state index in [4.69, 9.17) is 4.42 Å². The molecule has 0 fully saturated rings. The monoisotopic (exact) mass is 345 g/mol. The molecule has 2 aromatic rings. The Kier molecular flexibility index (Phi) is 5.83. The average molecular weight is 345 g/mol. The molecule has 1 heterocycles. The largest absolute Gasteiger partial charge is 0.411 e. The number of benzene rings is 1. The number of carbonyl (C=O) groups excluding carboxylic acids is 1. The van der Waals surface area contributed by atoms with Gasteiger partial charge in [-0.05, 0) is 30.0 Å². The zero-order valence-corrected chi connectivity index (χ0v) is 15.3. The van der Waals surface area contributed by atoms with Gasteiger partial charge in [0.25, 0.3) is 5.22 Å². The molecule has 6 heteroatoms. The fraction of sp³-hybridized carbons (Fsp3) is 0.389. The molecule has 1 atom stereocenters. The maximum absolute atomic E-state index is 11.8. The Morgan fingerprint density at radius 2 is 2.00 bits per heavy atom. The summed E-state index contributed by atoms with van der Waals surface area (Å²) >= 11 is 1.24. The van der Waals surface area contributed by atoms with E-state index in [-0.39, 0.29) is 16.6 Å². The number of thioether (sulfide) groups is 1. The van der Waals surface area contributed by atoms with Gasteiger partial charge in [-0.2, -0.15) is 0 Å². The number of rotatable bonds is 6. The third kappa shape index (κ3) is 4.71. The topological polar surface area (TPSA) is 68.0 Å². The SMILES string of the molecule is C=CCNC(=O)[C@H](C)Sc1nnc(-c2ccc(C(C)(C)C)cc2)o1. The second-order valence-corrected chi connectivity index (χ2v) is 7.79. The van der Waals surface area contributed by atoms with Gasteiger partial charge in [-0.25, -0.2) is 0 Å². The van der Waals surface area contributed by atoms with Gasteiger partial charge in [-0.1, -0.05) is 50.7 Å². The molecular weight excluding hydrogens is 322 g/mol. The molecule has 1 aromatic heterocycles. The molecule has 0 aliphatic heterocycles. The van der Waals surface area contributed by atoms with Gasteiger partial charge in [0.05, 0.1) is 5.25 Å². The lowest BCUT2D eigenvalue weighted by atomic mass is 9.87. The molecule has 1 amide bonds. The van der Waals surface area contributed by atoms with Crippen LogP contribution in [0.2, 0.25) is 0 Å². The van der Waals surface area contributed by atoms with Crippen LogP contribution >= 0.6 is 11.8 Å². The molecule has 5 nitrogen and oxygen atoms in total. The number of aromatic nitrogens is 2. The highest BCUT2D eigenvalue weighted by Gasteiger charge is 2.19. The van der Waals surface area contributed by atoms with Crippen molar-refractivity contribution < 1.29 is 9.21 Å². The number of nitrogens with one attached hydrogen (secondary N) is 1. The summed E-state index contributed by atoms with van der Waals surface area (Å²) in [5.41, 5.74) is 2.21. The van der Waals surface area contributed by atoms with Crippen molar-refractivity contribution in [1.82, 2.24) is 15.5 Å². The van der Waals surface area contributed by atoms with Crippen LogP contribution in [0.3, 0.4) is 0 Å². The molecule has 0 radical (unpaired) electrons. The van der Waals surface area contributed by atoms with E-state index in [1.54, 1.807) is 13.0 Å². The first kappa shape index (κ1) is 18.3.